The average Bonchev–Trinajstić information content (AvgIpc) is 2.27. The SMILES string of the molecule is CCOC(=O)COc1c(C)cc(C)cc1SC. The molecule has 0 aliphatic rings. The van der Waals surface area contributed by atoms with Crippen LogP contribution in [0.5, 0.6) is 5.75 Å². The van der Waals surface area contributed by atoms with Gasteiger partial charge in [0.25, 0.3) is 0 Å². The van der Waals surface area contributed by atoms with E-state index in [2.05, 4.69) is 6.07 Å². The Kier molecular flexibility index (Phi) is 5.35. The third kappa shape index (κ3) is 3.97. The number of esters is 1. The number of carbonyl (C=O) groups is 1. The smallest absolute Gasteiger partial charge is 0.344 e. The maximum absolute atomic E-state index is 11.2. The van der Waals surface area contributed by atoms with E-state index < -0.39 is 0 Å². The Morgan fingerprint density at radius 1 is 1.35 bits per heavy atom. The number of hydrogen-bond donors (Lipinski definition) is 0. The first-order chi connectivity index (χ1) is 8.08. The van der Waals surface area contributed by atoms with E-state index in [1.165, 1.54) is 5.56 Å². The number of hydrogen-bond acceptors (Lipinski definition) is 4. The molecule has 0 fully saturated rings. The Balaban J connectivity index is 2.79. The number of benzene rings is 1. The molecular weight excluding hydrogens is 236 g/mol. The van der Waals surface area contributed by atoms with Crippen molar-refractivity contribution in [2.75, 3.05) is 19.5 Å². The summed E-state index contributed by atoms with van der Waals surface area (Å²) in [7, 11) is 0. The summed E-state index contributed by atoms with van der Waals surface area (Å²) in [4.78, 5) is 12.3. The van der Waals surface area contributed by atoms with Gasteiger partial charge in [-0.15, -0.1) is 11.8 Å². The first-order valence-electron chi connectivity index (χ1n) is 5.52. The second kappa shape index (κ2) is 6.55. The fraction of sp³-hybridized carbons (Fsp3) is 0.462. The van der Waals surface area contributed by atoms with Crippen LogP contribution in [-0.2, 0) is 9.53 Å². The normalized spacial score (nSPS) is 10.1. The Bertz CT molecular complexity index is 402. The third-order valence-electron chi connectivity index (χ3n) is 2.24. The molecule has 1 aromatic rings. The Morgan fingerprint density at radius 2 is 2.06 bits per heavy atom. The van der Waals surface area contributed by atoms with Crippen LogP contribution in [0.1, 0.15) is 18.1 Å². The summed E-state index contributed by atoms with van der Waals surface area (Å²) in [6, 6.07) is 4.10. The third-order valence-corrected chi connectivity index (χ3v) is 2.99. The van der Waals surface area contributed by atoms with Gasteiger partial charge >= 0.3 is 5.97 Å². The monoisotopic (exact) mass is 254 g/mol. The number of carbonyl (C=O) groups excluding carboxylic acids is 1. The van der Waals surface area contributed by atoms with E-state index in [4.69, 9.17) is 9.47 Å². The predicted octanol–water partition coefficient (Wildman–Crippen LogP) is 2.97. The number of ether oxygens (including phenoxy) is 2. The molecule has 1 rings (SSSR count). The van der Waals surface area contributed by atoms with Crippen LogP contribution in [-0.4, -0.2) is 25.4 Å². The molecule has 0 saturated heterocycles. The minimum atomic E-state index is -0.334. The van der Waals surface area contributed by atoms with Crippen LogP contribution < -0.4 is 4.74 Å². The molecular formula is C13H18O3S. The van der Waals surface area contributed by atoms with Gasteiger partial charge in [-0.1, -0.05) is 6.07 Å². The molecule has 3 nitrogen and oxygen atoms in total. The predicted molar refractivity (Wildman–Crippen MR) is 69.8 cm³/mol. The zero-order chi connectivity index (χ0) is 12.8. The summed E-state index contributed by atoms with van der Waals surface area (Å²) in [6.45, 7) is 6.15. The van der Waals surface area contributed by atoms with Crippen molar-refractivity contribution in [3.05, 3.63) is 23.3 Å². The zero-order valence-corrected chi connectivity index (χ0v) is 11.5. The summed E-state index contributed by atoms with van der Waals surface area (Å²) >= 11 is 1.61. The fourth-order valence-electron chi connectivity index (χ4n) is 1.59. The van der Waals surface area contributed by atoms with Gasteiger partial charge in [-0.05, 0) is 44.2 Å². The molecule has 4 heteroatoms. The lowest BCUT2D eigenvalue weighted by atomic mass is 10.1. The lowest BCUT2D eigenvalue weighted by Crippen LogP contribution is -2.15. The van der Waals surface area contributed by atoms with E-state index >= 15 is 0 Å². The summed E-state index contributed by atoms with van der Waals surface area (Å²) in [5, 5.41) is 0. The van der Waals surface area contributed by atoms with Crippen molar-refractivity contribution in [2.24, 2.45) is 0 Å². The minimum Gasteiger partial charge on any atom is -0.480 e. The lowest BCUT2D eigenvalue weighted by molar-refractivity contribution is -0.145. The van der Waals surface area contributed by atoms with Gasteiger partial charge < -0.3 is 9.47 Å². The summed E-state index contributed by atoms with van der Waals surface area (Å²) in [6.07, 6.45) is 1.99. The molecule has 0 spiro atoms. The van der Waals surface area contributed by atoms with Crippen LogP contribution in [0.15, 0.2) is 17.0 Å². The molecule has 1 aromatic carbocycles. The van der Waals surface area contributed by atoms with Gasteiger partial charge in [0.05, 0.1) is 6.61 Å². The average molecular weight is 254 g/mol. The number of rotatable bonds is 5. The van der Waals surface area contributed by atoms with Crippen LogP contribution in [0.4, 0.5) is 0 Å². The Hall–Kier alpha value is -1.16. The Labute approximate surface area is 106 Å². The van der Waals surface area contributed by atoms with E-state index in [0.29, 0.717) is 6.61 Å². The van der Waals surface area contributed by atoms with Crippen LogP contribution in [0.2, 0.25) is 0 Å². The molecule has 0 aromatic heterocycles. The molecule has 0 heterocycles. The van der Waals surface area contributed by atoms with Crippen LogP contribution in [0.3, 0.4) is 0 Å². The van der Waals surface area contributed by atoms with Gasteiger partial charge in [-0.2, -0.15) is 0 Å². The highest BCUT2D eigenvalue weighted by molar-refractivity contribution is 7.98. The topological polar surface area (TPSA) is 35.5 Å². The van der Waals surface area contributed by atoms with Crippen molar-refractivity contribution in [3.8, 4) is 5.75 Å². The molecule has 0 unspecified atom stereocenters. The number of aryl methyl sites for hydroxylation is 2. The van der Waals surface area contributed by atoms with Gasteiger partial charge in [-0.3, -0.25) is 0 Å². The van der Waals surface area contributed by atoms with Gasteiger partial charge in [0.15, 0.2) is 6.61 Å². The molecule has 94 valence electrons. The lowest BCUT2D eigenvalue weighted by Gasteiger charge is -2.13. The quantitative estimate of drug-likeness (QED) is 0.598. The summed E-state index contributed by atoms with van der Waals surface area (Å²) in [5.41, 5.74) is 2.23. The van der Waals surface area contributed by atoms with Crippen molar-refractivity contribution >= 4 is 17.7 Å². The van der Waals surface area contributed by atoms with Gasteiger partial charge in [0.1, 0.15) is 5.75 Å². The van der Waals surface area contributed by atoms with E-state index in [1.807, 2.05) is 26.2 Å². The molecule has 0 N–H and O–H groups in total. The fourth-order valence-corrected chi connectivity index (χ4v) is 2.29. The van der Waals surface area contributed by atoms with Crippen molar-refractivity contribution < 1.29 is 14.3 Å². The van der Waals surface area contributed by atoms with Crippen molar-refractivity contribution in [1.82, 2.24) is 0 Å². The second-order valence-electron chi connectivity index (χ2n) is 3.71. The van der Waals surface area contributed by atoms with Crippen molar-refractivity contribution in [1.29, 1.82) is 0 Å². The van der Waals surface area contributed by atoms with Crippen LogP contribution >= 0.6 is 11.8 Å². The van der Waals surface area contributed by atoms with Crippen molar-refractivity contribution in [3.63, 3.8) is 0 Å². The van der Waals surface area contributed by atoms with Crippen LogP contribution in [0.25, 0.3) is 0 Å². The van der Waals surface area contributed by atoms with Gasteiger partial charge in [-0.25, -0.2) is 4.79 Å². The molecule has 0 saturated carbocycles. The maximum Gasteiger partial charge on any atom is 0.344 e. The highest BCUT2D eigenvalue weighted by Crippen LogP contribution is 2.32. The molecule has 0 aliphatic heterocycles. The Morgan fingerprint density at radius 3 is 2.65 bits per heavy atom. The second-order valence-corrected chi connectivity index (χ2v) is 4.55. The van der Waals surface area contributed by atoms with E-state index in [1.54, 1.807) is 18.7 Å². The molecule has 0 bridgehead atoms. The molecule has 0 amide bonds. The molecule has 0 radical (unpaired) electrons. The van der Waals surface area contributed by atoms with Gasteiger partial charge in [0, 0.05) is 4.90 Å². The van der Waals surface area contributed by atoms with Gasteiger partial charge in [0.2, 0.25) is 0 Å². The highest BCUT2D eigenvalue weighted by atomic mass is 32.2. The molecule has 0 atom stereocenters. The van der Waals surface area contributed by atoms with E-state index in [9.17, 15) is 4.79 Å². The first kappa shape index (κ1) is 13.9. The maximum atomic E-state index is 11.2. The largest absolute Gasteiger partial charge is 0.480 e. The zero-order valence-electron chi connectivity index (χ0n) is 10.7. The standard InChI is InChI=1S/C13H18O3S/c1-5-15-12(14)8-16-13-10(3)6-9(2)7-11(13)17-4/h6-7H,5,8H2,1-4H3. The molecule has 17 heavy (non-hydrogen) atoms. The van der Waals surface area contributed by atoms with E-state index in [0.717, 1.165) is 16.2 Å². The summed E-state index contributed by atoms with van der Waals surface area (Å²) in [5.74, 6) is 0.440. The molecule has 0 aliphatic carbocycles. The highest BCUT2D eigenvalue weighted by Gasteiger charge is 2.10. The number of thioether (sulfide) groups is 1. The van der Waals surface area contributed by atoms with E-state index in [-0.39, 0.29) is 12.6 Å². The minimum absolute atomic E-state index is 0.0364. The summed E-state index contributed by atoms with van der Waals surface area (Å²) < 4.78 is 10.4. The first-order valence-corrected chi connectivity index (χ1v) is 6.74. The van der Waals surface area contributed by atoms with Crippen LogP contribution in [0, 0.1) is 13.8 Å². The van der Waals surface area contributed by atoms with Crippen molar-refractivity contribution in [2.45, 2.75) is 25.7 Å².